The van der Waals surface area contributed by atoms with Crippen LogP contribution in [0.4, 0.5) is 11.4 Å². The molecule has 0 radical (unpaired) electrons. The molecule has 5 rings (SSSR count). The molecule has 4 heteroatoms. The fraction of sp³-hybridized carbons (Fsp3) is 0.0769. The Morgan fingerprint density at radius 1 is 0.467 bits per heavy atom. The molecule has 2 nitrogen and oxygen atoms in total. The average molecular weight is 386 g/mol. The molecule has 4 aromatic rings. The lowest BCUT2D eigenvalue weighted by molar-refractivity contribution is 1.13. The Morgan fingerprint density at radius 3 is 1.10 bits per heavy atom. The Hall–Kier alpha value is -3.39. The predicted molar refractivity (Wildman–Crippen MR) is 131 cm³/mol. The summed E-state index contributed by atoms with van der Waals surface area (Å²) in [5.74, 6) is 0. The van der Waals surface area contributed by atoms with Gasteiger partial charge in [0.15, 0.2) is 0 Å². The van der Waals surface area contributed by atoms with Crippen LogP contribution in [0, 0.1) is 0 Å². The Morgan fingerprint density at radius 2 is 0.767 bits per heavy atom. The molecule has 1 saturated heterocycles. The van der Waals surface area contributed by atoms with E-state index in [4.69, 9.17) is 0 Å². The Labute approximate surface area is 180 Å². The van der Waals surface area contributed by atoms with Gasteiger partial charge in [-0.1, -0.05) is 115 Å². The van der Waals surface area contributed by atoms with E-state index >= 15 is 0 Å². The quantitative estimate of drug-likeness (QED) is 0.471. The van der Waals surface area contributed by atoms with Crippen molar-refractivity contribution in [2.24, 2.45) is 0 Å². The predicted octanol–water partition coefficient (Wildman–Crippen LogP) is 4.65. The zero-order chi connectivity index (χ0) is 20.3. The highest BCUT2D eigenvalue weighted by molar-refractivity contribution is 7.00. The van der Waals surface area contributed by atoms with Crippen LogP contribution in [0.5, 0.6) is 0 Å². The van der Waals surface area contributed by atoms with E-state index in [0.717, 1.165) is 0 Å². The molecule has 0 N–H and O–H groups in total. The summed E-state index contributed by atoms with van der Waals surface area (Å²) < 4.78 is 0. The third-order valence-corrected chi connectivity index (χ3v) is 6.08. The third-order valence-electron chi connectivity index (χ3n) is 6.08. The maximum atomic E-state index is 2.49. The Bertz CT molecular complexity index is 986. The van der Waals surface area contributed by atoms with E-state index in [1.54, 1.807) is 0 Å². The van der Waals surface area contributed by atoms with Gasteiger partial charge in [-0.25, -0.2) is 0 Å². The molecule has 1 heterocycles. The molecule has 0 aromatic heterocycles. The van der Waals surface area contributed by atoms with Crippen LogP contribution in [0.25, 0.3) is 0 Å². The van der Waals surface area contributed by atoms with E-state index in [9.17, 15) is 0 Å². The molecule has 0 unspecified atom stereocenters. The minimum absolute atomic E-state index is 0.235. The average Bonchev–Trinajstić information content (AvgIpc) is 3.14. The number of benzene rings is 4. The van der Waals surface area contributed by atoms with Crippen molar-refractivity contribution in [1.29, 1.82) is 0 Å². The normalized spacial score (nSPS) is 14.4. The molecule has 0 aliphatic carbocycles. The van der Waals surface area contributed by atoms with Crippen molar-refractivity contribution in [2.75, 3.05) is 9.84 Å². The zero-order valence-corrected chi connectivity index (χ0v) is 17.2. The molecular formula is C26H24B2N2. The van der Waals surface area contributed by atoms with E-state index in [2.05, 4.69) is 138 Å². The van der Waals surface area contributed by atoms with Crippen molar-refractivity contribution in [2.45, 2.75) is 12.6 Å². The Balaban J connectivity index is 1.73. The number of hydrogen-bond acceptors (Lipinski definition) is 2. The summed E-state index contributed by atoms with van der Waals surface area (Å²) in [4.78, 5) is 4.99. The first-order valence-corrected chi connectivity index (χ1v) is 10.6. The maximum absolute atomic E-state index is 2.49. The zero-order valence-electron chi connectivity index (χ0n) is 17.2. The van der Waals surface area contributed by atoms with Crippen molar-refractivity contribution in [3.05, 3.63) is 121 Å². The van der Waals surface area contributed by atoms with E-state index in [1.807, 2.05) is 0 Å². The number of hydrazine groups is 1. The molecular weight excluding hydrogens is 362 g/mol. The van der Waals surface area contributed by atoms with Gasteiger partial charge in [0.2, 0.25) is 0 Å². The molecule has 1 aliphatic heterocycles. The molecule has 0 atom stereocenters. The van der Waals surface area contributed by atoms with Gasteiger partial charge in [-0.2, -0.15) is 0 Å². The number of hydrogen-bond donors (Lipinski definition) is 0. The van der Waals surface area contributed by atoms with Gasteiger partial charge in [0, 0.05) is 11.4 Å². The molecule has 1 aliphatic rings. The second-order valence-corrected chi connectivity index (χ2v) is 7.93. The van der Waals surface area contributed by atoms with Crippen molar-refractivity contribution >= 4 is 36.0 Å². The highest BCUT2D eigenvalue weighted by Gasteiger charge is 2.52. The Kier molecular flexibility index (Phi) is 5.06. The van der Waals surface area contributed by atoms with Crippen molar-refractivity contribution < 1.29 is 0 Å². The fourth-order valence-corrected chi connectivity index (χ4v) is 4.81. The van der Waals surface area contributed by atoms with Crippen molar-refractivity contribution in [1.82, 2.24) is 0 Å². The van der Waals surface area contributed by atoms with Gasteiger partial charge in [0.25, 0.3) is 0 Å². The molecule has 144 valence electrons. The number of nitrogens with zero attached hydrogens (tertiary/aromatic N) is 2. The van der Waals surface area contributed by atoms with Gasteiger partial charge >= 0.3 is 13.7 Å². The second kappa shape index (κ2) is 8.16. The standard InChI is InChI=1S/C26H24B2N2/c1-22-27(23-14-6-2-7-15-23)29(25-18-10-4-11-19-25)30(26-20-12-5-13-21-26)28(22)24-16-8-3-9-17-24/h2-22H,1H3. The molecule has 0 amide bonds. The fourth-order valence-electron chi connectivity index (χ4n) is 4.81. The minimum atomic E-state index is 0.235. The SMILES string of the molecule is CC1B(c2ccccc2)N(c2ccccc2)N(c2ccccc2)B1c1ccccc1. The van der Waals surface area contributed by atoms with Crippen LogP contribution in [0.2, 0.25) is 5.72 Å². The first-order valence-electron chi connectivity index (χ1n) is 10.6. The number of rotatable bonds is 4. The van der Waals surface area contributed by atoms with E-state index < -0.39 is 0 Å². The van der Waals surface area contributed by atoms with Gasteiger partial charge in [-0.3, -0.25) is 0 Å². The number of anilines is 2. The lowest BCUT2D eigenvalue weighted by atomic mass is 9.30. The van der Waals surface area contributed by atoms with Crippen LogP contribution in [-0.2, 0) is 0 Å². The second-order valence-electron chi connectivity index (χ2n) is 7.93. The summed E-state index contributed by atoms with van der Waals surface area (Å²) >= 11 is 0. The summed E-state index contributed by atoms with van der Waals surface area (Å²) in [7, 11) is 0. The summed E-state index contributed by atoms with van der Waals surface area (Å²) in [6.07, 6.45) is 0. The van der Waals surface area contributed by atoms with Crippen LogP contribution in [0.15, 0.2) is 121 Å². The van der Waals surface area contributed by atoms with Crippen molar-refractivity contribution in [3.63, 3.8) is 0 Å². The first kappa shape index (κ1) is 18.6. The highest BCUT2D eigenvalue weighted by Crippen LogP contribution is 2.37. The summed E-state index contributed by atoms with van der Waals surface area (Å²) in [5, 5.41) is 0. The third kappa shape index (κ3) is 3.29. The molecule has 0 bridgehead atoms. The highest BCUT2D eigenvalue weighted by atomic mass is 15.6. The maximum Gasteiger partial charge on any atom is 0.310 e. The van der Waals surface area contributed by atoms with Crippen LogP contribution in [0.1, 0.15) is 6.92 Å². The molecule has 0 saturated carbocycles. The van der Waals surface area contributed by atoms with Gasteiger partial charge in [-0.15, -0.1) is 0 Å². The van der Waals surface area contributed by atoms with E-state index in [1.165, 1.54) is 22.3 Å². The minimum Gasteiger partial charge on any atom is -0.336 e. The van der Waals surface area contributed by atoms with Gasteiger partial charge in [0.05, 0.1) is 0 Å². The monoisotopic (exact) mass is 386 g/mol. The smallest absolute Gasteiger partial charge is 0.310 e. The molecule has 4 aromatic carbocycles. The lowest BCUT2D eigenvalue weighted by Gasteiger charge is -2.38. The first-order chi connectivity index (χ1) is 14.8. The lowest BCUT2D eigenvalue weighted by Crippen LogP contribution is -2.54. The largest absolute Gasteiger partial charge is 0.336 e. The van der Waals surface area contributed by atoms with E-state index in [-0.39, 0.29) is 13.7 Å². The van der Waals surface area contributed by atoms with Crippen LogP contribution >= 0.6 is 0 Å². The summed E-state index contributed by atoms with van der Waals surface area (Å²) in [6.45, 7) is 2.85. The van der Waals surface area contributed by atoms with Crippen molar-refractivity contribution in [3.8, 4) is 0 Å². The molecule has 30 heavy (non-hydrogen) atoms. The van der Waals surface area contributed by atoms with Gasteiger partial charge < -0.3 is 9.84 Å². The van der Waals surface area contributed by atoms with E-state index in [0.29, 0.717) is 5.72 Å². The summed E-state index contributed by atoms with van der Waals surface area (Å²) in [5.41, 5.74) is 5.48. The molecule has 1 fully saturated rings. The van der Waals surface area contributed by atoms with Gasteiger partial charge in [0.1, 0.15) is 0 Å². The van der Waals surface area contributed by atoms with Gasteiger partial charge in [-0.05, 0) is 30.0 Å². The van der Waals surface area contributed by atoms with Crippen LogP contribution < -0.4 is 20.8 Å². The molecule has 0 spiro atoms. The van der Waals surface area contributed by atoms with Crippen LogP contribution in [-0.4, -0.2) is 13.7 Å². The topological polar surface area (TPSA) is 6.48 Å². The summed E-state index contributed by atoms with van der Waals surface area (Å²) in [6, 6.07) is 43.3. The number of para-hydroxylation sites is 2. The van der Waals surface area contributed by atoms with Crippen LogP contribution in [0.3, 0.4) is 0 Å².